The van der Waals surface area contributed by atoms with E-state index in [4.69, 9.17) is 11.6 Å². The summed E-state index contributed by atoms with van der Waals surface area (Å²) in [5, 5.41) is 0. The highest BCUT2D eigenvalue weighted by Gasteiger charge is 2.23. The Balaban J connectivity index is 2.84. The standard InChI is InChI=1S/C12H18ClNO4S2/c1-19(15,16)9-10-20(17,18)14(8-7-13)11-12-5-3-2-4-6-12/h2-6H,7-11H2,1H3. The van der Waals surface area contributed by atoms with Crippen molar-refractivity contribution in [2.45, 2.75) is 6.54 Å². The maximum Gasteiger partial charge on any atom is 0.215 e. The van der Waals surface area contributed by atoms with Gasteiger partial charge in [-0.3, -0.25) is 0 Å². The van der Waals surface area contributed by atoms with Crippen LogP contribution in [0, 0.1) is 0 Å². The summed E-state index contributed by atoms with van der Waals surface area (Å²) in [5.74, 6) is -0.649. The fourth-order valence-electron chi connectivity index (χ4n) is 1.58. The lowest BCUT2D eigenvalue weighted by atomic mass is 10.2. The van der Waals surface area contributed by atoms with Gasteiger partial charge in [-0.15, -0.1) is 11.6 Å². The third kappa shape index (κ3) is 6.21. The van der Waals surface area contributed by atoms with Gasteiger partial charge < -0.3 is 0 Å². The van der Waals surface area contributed by atoms with Crippen LogP contribution in [0.15, 0.2) is 30.3 Å². The molecular formula is C12H18ClNO4S2. The van der Waals surface area contributed by atoms with Gasteiger partial charge >= 0.3 is 0 Å². The first kappa shape index (κ1) is 17.4. The first-order valence-corrected chi connectivity index (χ1v) is 10.2. The van der Waals surface area contributed by atoms with Crippen LogP contribution in [0.1, 0.15) is 5.56 Å². The Morgan fingerprint density at radius 1 is 1.05 bits per heavy atom. The summed E-state index contributed by atoms with van der Waals surface area (Å²) >= 11 is 5.63. The molecule has 8 heteroatoms. The second-order valence-electron chi connectivity index (χ2n) is 4.45. The van der Waals surface area contributed by atoms with E-state index in [0.29, 0.717) is 0 Å². The highest BCUT2D eigenvalue weighted by molar-refractivity contribution is 7.93. The lowest BCUT2D eigenvalue weighted by Crippen LogP contribution is -2.36. The van der Waals surface area contributed by atoms with Gasteiger partial charge in [-0.2, -0.15) is 4.31 Å². The topological polar surface area (TPSA) is 71.5 Å². The Kier molecular flexibility index (Phi) is 6.44. The largest absolute Gasteiger partial charge is 0.229 e. The quantitative estimate of drug-likeness (QED) is 0.665. The van der Waals surface area contributed by atoms with Gasteiger partial charge in [-0.1, -0.05) is 30.3 Å². The maximum absolute atomic E-state index is 12.2. The first-order chi connectivity index (χ1) is 9.24. The number of halogens is 1. The molecule has 5 nitrogen and oxygen atoms in total. The molecule has 0 spiro atoms. The Hall–Kier alpha value is -0.630. The molecule has 0 atom stereocenters. The lowest BCUT2D eigenvalue weighted by molar-refractivity contribution is 0.426. The van der Waals surface area contributed by atoms with Crippen molar-refractivity contribution in [2.75, 3.05) is 30.2 Å². The van der Waals surface area contributed by atoms with E-state index in [1.165, 1.54) is 4.31 Å². The van der Waals surface area contributed by atoms with Crippen molar-refractivity contribution in [3.05, 3.63) is 35.9 Å². The molecule has 114 valence electrons. The predicted molar refractivity (Wildman–Crippen MR) is 81.1 cm³/mol. The van der Waals surface area contributed by atoms with E-state index in [1.807, 2.05) is 30.3 Å². The van der Waals surface area contributed by atoms with Gasteiger partial charge in [0.05, 0.1) is 11.5 Å². The highest BCUT2D eigenvalue weighted by Crippen LogP contribution is 2.10. The number of sulfonamides is 1. The van der Waals surface area contributed by atoms with Crippen LogP contribution in [-0.2, 0) is 26.4 Å². The summed E-state index contributed by atoms with van der Waals surface area (Å²) in [4.78, 5) is 0. The van der Waals surface area contributed by atoms with E-state index >= 15 is 0 Å². The van der Waals surface area contributed by atoms with Gasteiger partial charge in [0.15, 0.2) is 0 Å². The molecule has 0 aliphatic rings. The second kappa shape index (κ2) is 7.40. The Morgan fingerprint density at radius 2 is 1.65 bits per heavy atom. The van der Waals surface area contributed by atoms with Gasteiger partial charge in [0.1, 0.15) is 9.84 Å². The van der Waals surface area contributed by atoms with Crippen LogP contribution in [0.4, 0.5) is 0 Å². The molecule has 0 N–H and O–H groups in total. The molecule has 0 heterocycles. The van der Waals surface area contributed by atoms with E-state index in [0.717, 1.165) is 11.8 Å². The lowest BCUT2D eigenvalue weighted by Gasteiger charge is -2.21. The predicted octanol–water partition coefficient (Wildman–Crippen LogP) is 1.10. The molecular weight excluding hydrogens is 322 g/mol. The Labute approximate surface area is 125 Å². The maximum atomic E-state index is 12.2. The zero-order valence-corrected chi connectivity index (χ0v) is 13.6. The molecule has 0 amide bonds. The fraction of sp³-hybridized carbons (Fsp3) is 0.500. The minimum Gasteiger partial charge on any atom is -0.229 e. The number of benzene rings is 1. The number of sulfone groups is 1. The normalized spacial score (nSPS) is 12.8. The molecule has 0 saturated carbocycles. The van der Waals surface area contributed by atoms with Gasteiger partial charge in [0.2, 0.25) is 10.0 Å². The number of alkyl halides is 1. The minimum atomic E-state index is -3.65. The fourth-order valence-corrected chi connectivity index (χ4v) is 4.91. The molecule has 20 heavy (non-hydrogen) atoms. The minimum absolute atomic E-state index is 0.155. The summed E-state index contributed by atoms with van der Waals surface area (Å²) in [5.41, 5.74) is 0.834. The van der Waals surface area contributed by atoms with Crippen molar-refractivity contribution < 1.29 is 16.8 Å². The highest BCUT2D eigenvalue weighted by atomic mass is 35.5. The average Bonchev–Trinajstić information content (AvgIpc) is 2.37. The van der Waals surface area contributed by atoms with Crippen molar-refractivity contribution in [3.8, 4) is 0 Å². The first-order valence-electron chi connectivity index (χ1n) is 6.00. The van der Waals surface area contributed by atoms with Crippen molar-refractivity contribution in [2.24, 2.45) is 0 Å². The van der Waals surface area contributed by atoms with Crippen molar-refractivity contribution in [3.63, 3.8) is 0 Å². The van der Waals surface area contributed by atoms with E-state index < -0.39 is 25.6 Å². The van der Waals surface area contributed by atoms with Gasteiger partial charge in [0, 0.05) is 25.2 Å². The zero-order valence-electron chi connectivity index (χ0n) is 11.2. The number of hydrogen-bond donors (Lipinski definition) is 0. The van der Waals surface area contributed by atoms with Crippen molar-refractivity contribution >= 4 is 31.5 Å². The van der Waals surface area contributed by atoms with E-state index in [9.17, 15) is 16.8 Å². The third-order valence-electron chi connectivity index (χ3n) is 2.64. The summed E-state index contributed by atoms with van der Waals surface area (Å²) in [6, 6.07) is 9.10. The van der Waals surface area contributed by atoms with Crippen LogP contribution < -0.4 is 0 Å². The smallest absolute Gasteiger partial charge is 0.215 e. The third-order valence-corrected chi connectivity index (χ3v) is 5.83. The summed E-state index contributed by atoms with van der Waals surface area (Å²) in [6.07, 6.45) is 1.02. The molecule has 1 rings (SSSR count). The molecule has 0 saturated heterocycles. The molecule has 0 aliphatic carbocycles. The Bertz CT molecular complexity index is 614. The summed E-state index contributed by atoms with van der Waals surface area (Å²) in [7, 11) is -6.96. The van der Waals surface area contributed by atoms with Crippen molar-refractivity contribution in [1.29, 1.82) is 0 Å². The zero-order chi connectivity index (χ0) is 15.2. The van der Waals surface area contributed by atoms with Crippen LogP contribution in [0.3, 0.4) is 0 Å². The summed E-state index contributed by atoms with van der Waals surface area (Å²) < 4.78 is 47.8. The van der Waals surface area contributed by atoms with Crippen molar-refractivity contribution in [1.82, 2.24) is 4.31 Å². The molecule has 1 aromatic rings. The number of nitrogens with zero attached hydrogens (tertiary/aromatic N) is 1. The van der Waals surface area contributed by atoms with E-state index in [-0.39, 0.29) is 24.7 Å². The van der Waals surface area contributed by atoms with Crippen LogP contribution >= 0.6 is 11.6 Å². The monoisotopic (exact) mass is 339 g/mol. The molecule has 0 fully saturated rings. The molecule has 1 aromatic carbocycles. The SMILES string of the molecule is CS(=O)(=O)CCS(=O)(=O)N(CCCl)Cc1ccccc1. The number of hydrogen-bond acceptors (Lipinski definition) is 4. The summed E-state index contributed by atoms with van der Waals surface area (Å²) in [6.45, 7) is 0.349. The van der Waals surface area contributed by atoms with Crippen LogP contribution in [0.25, 0.3) is 0 Å². The molecule has 0 radical (unpaired) electrons. The molecule has 0 bridgehead atoms. The molecule has 0 aromatic heterocycles. The van der Waals surface area contributed by atoms with E-state index in [2.05, 4.69) is 0 Å². The average molecular weight is 340 g/mol. The Morgan fingerprint density at radius 3 is 2.15 bits per heavy atom. The van der Waals surface area contributed by atoms with Crippen LogP contribution in [0.5, 0.6) is 0 Å². The second-order valence-corrected chi connectivity index (χ2v) is 9.18. The molecule has 0 aliphatic heterocycles. The van der Waals surface area contributed by atoms with Gasteiger partial charge in [0.25, 0.3) is 0 Å². The van der Waals surface area contributed by atoms with Gasteiger partial charge in [-0.25, -0.2) is 16.8 Å². The number of rotatable bonds is 8. The van der Waals surface area contributed by atoms with Gasteiger partial charge in [-0.05, 0) is 5.56 Å². The molecule has 0 unspecified atom stereocenters. The van der Waals surface area contributed by atoms with Crippen LogP contribution in [-0.4, -0.2) is 51.3 Å². The van der Waals surface area contributed by atoms with Crippen LogP contribution in [0.2, 0.25) is 0 Å². The van der Waals surface area contributed by atoms with E-state index in [1.54, 1.807) is 0 Å².